The van der Waals surface area contributed by atoms with E-state index in [1.807, 2.05) is 0 Å². The first-order valence-corrected chi connectivity index (χ1v) is 8.33. The van der Waals surface area contributed by atoms with E-state index in [1.165, 1.54) is 23.1 Å². The molecule has 1 aliphatic heterocycles. The van der Waals surface area contributed by atoms with E-state index in [0.29, 0.717) is 11.3 Å². The van der Waals surface area contributed by atoms with E-state index in [9.17, 15) is 18.8 Å². The second kappa shape index (κ2) is 6.78. The van der Waals surface area contributed by atoms with Gasteiger partial charge in [0.2, 0.25) is 0 Å². The van der Waals surface area contributed by atoms with Crippen LogP contribution in [0.2, 0.25) is 0 Å². The molecule has 1 atom stereocenters. The number of imide groups is 1. The van der Waals surface area contributed by atoms with Crippen molar-refractivity contribution in [2.45, 2.75) is 26.3 Å². The largest absolute Gasteiger partial charge is 0.348 e. The van der Waals surface area contributed by atoms with Crippen LogP contribution in [0.25, 0.3) is 5.69 Å². The second-order valence-electron chi connectivity index (χ2n) is 6.67. The van der Waals surface area contributed by atoms with E-state index in [1.54, 1.807) is 26.8 Å². The van der Waals surface area contributed by atoms with Gasteiger partial charge in [0, 0.05) is 0 Å². The maximum atomic E-state index is 13.4. The lowest BCUT2D eigenvalue weighted by Gasteiger charge is -2.30. The van der Waals surface area contributed by atoms with Crippen LogP contribution in [0.3, 0.4) is 0 Å². The first-order valence-electron chi connectivity index (χ1n) is 8.33. The third-order valence-corrected chi connectivity index (χ3v) is 4.58. The number of rotatable bonds is 5. The molecule has 3 N–H and O–H groups in total. The van der Waals surface area contributed by atoms with Crippen LogP contribution in [0.4, 0.5) is 9.18 Å². The van der Waals surface area contributed by atoms with Gasteiger partial charge < -0.3 is 10.6 Å². The fourth-order valence-corrected chi connectivity index (χ4v) is 2.80. The predicted octanol–water partition coefficient (Wildman–Crippen LogP) is 0.679. The van der Waals surface area contributed by atoms with Gasteiger partial charge in [-0.05, 0) is 36.6 Å². The number of hydrogen-bond acceptors (Lipinski definition) is 5. The first kappa shape index (κ1) is 18.5. The lowest BCUT2D eigenvalue weighted by molar-refractivity contribution is -0.125. The molecule has 9 nitrogen and oxygen atoms in total. The number of amides is 4. The van der Waals surface area contributed by atoms with E-state index in [4.69, 9.17) is 0 Å². The first-order chi connectivity index (χ1) is 12.7. The molecule has 2 aromatic rings. The number of benzene rings is 1. The van der Waals surface area contributed by atoms with Crippen molar-refractivity contribution in [3.63, 3.8) is 0 Å². The molecular weight excluding hydrogens is 355 g/mol. The maximum absolute atomic E-state index is 13.4. The van der Waals surface area contributed by atoms with Crippen molar-refractivity contribution in [1.82, 2.24) is 30.9 Å². The molecule has 1 aromatic carbocycles. The lowest BCUT2D eigenvalue weighted by Crippen LogP contribution is -2.58. The van der Waals surface area contributed by atoms with Crippen LogP contribution in [0.1, 0.15) is 29.9 Å². The number of halogens is 1. The summed E-state index contributed by atoms with van der Waals surface area (Å²) in [5.41, 5.74) is -0.260. The van der Waals surface area contributed by atoms with Crippen molar-refractivity contribution in [3.05, 3.63) is 41.5 Å². The Morgan fingerprint density at radius 1 is 1.37 bits per heavy atom. The van der Waals surface area contributed by atoms with Gasteiger partial charge in [0.05, 0.1) is 18.4 Å². The van der Waals surface area contributed by atoms with Gasteiger partial charge in [-0.2, -0.15) is 9.90 Å². The normalized spacial score (nSPS) is 19.1. The van der Waals surface area contributed by atoms with E-state index >= 15 is 0 Å². The van der Waals surface area contributed by atoms with Crippen molar-refractivity contribution < 1.29 is 18.8 Å². The zero-order valence-corrected chi connectivity index (χ0v) is 15.0. The van der Waals surface area contributed by atoms with E-state index < -0.39 is 23.4 Å². The molecule has 3 rings (SSSR count). The smallest absolute Gasteiger partial charge is 0.322 e. The Kier molecular flexibility index (Phi) is 4.64. The standard InChI is InChI=1S/C17H19FN6O3/c1-9(2)17(15(26)21-16(27)22-17)8-19-14(25)13-7-20-24(23-13)11-4-5-12(18)10(3)6-11/h4-7,9H,8H2,1-3H3,(H,19,25)(H2,21,22,26,27). The fraction of sp³-hybridized carbons (Fsp3) is 0.353. The van der Waals surface area contributed by atoms with Crippen LogP contribution in [-0.2, 0) is 4.79 Å². The maximum Gasteiger partial charge on any atom is 0.322 e. The molecule has 0 radical (unpaired) electrons. The van der Waals surface area contributed by atoms with Crippen LogP contribution < -0.4 is 16.0 Å². The molecule has 142 valence electrons. The highest BCUT2D eigenvalue weighted by molar-refractivity contribution is 6.07. The Morgan fingerprint density at radius 3 is 2.70 bits per heavy atom. The van der Waals surface area contributed by atoms with Crippen molar-refractivity contribution >= 4 is 17.8 Å². The van der Waals surface area contributed by atoms with E-state index in [2.05, 4.69) is 26.1 Å². The van der Waals surface area contributed by atoms with Gasteiger partial charge >= 0.3 is 6.03 Å². The molecule has 1 aromatic heterocycles. The third kappa shape index (κ3) is 3.37. The van der Waals surface area contributed by atoms with Gasteiger partial charge in [0.25, 0.3) is 11.8 Å². The highest BCUT2D eigenvalue weighted by atomic mass is 19.1. The highest BCUT2D eigenvalue weighted by Gasteiger charge is 2.48. The summed E-state index contributed by atoms with van der Waals surface area (Å²) >= 11 is 0. The number of urea groups is 1. The van der Waals surface area contributed by atoms with Gasteiger partial charge in [-0.15, -0.1) is 5.10 Å². The Bertz CT molecular complexity index is 925. The summed E-state index contributed by atoms with van der Waals surface area (Å²) in [6.45, 7) is 5.06. The zero-order chi connectivity index (χ0) is 19.8. The lowest BCUT2D eigenvalue weighted by atomic mass is 9.86. The quantitative estimate of drug-likeness (QED) is 0.665. The predicted molar refractivity (Wildman–Crippen MR) is 92.6 cm³/mol. The molecule has 10 heteroatoms. The number of carbonyl (C=O) groups excluding carboxylic acids is 3. The molecule has 27 heavy (non-hydrogen) atoms. The fourth-order valence-electron chi connectivity index (χ4n) is 2.80. The van der Waals surface area contributed by atoms with Crippen LogP contribution in [-0.4, -0.2) is 44.9 Å². The average Bonchev–Trinajstić information content (AvgIpc) is 3.20. The van der Waals surface area contributed by atoms with Crippen molar-refractivity contribution in [1.29, 1.82) is 0 Å². The number of nitrogens with one attached hydrogen (secondary N) is 3. The molecule has 2 heterocycles. The molecule has 0 spiro atoms. The summed E-state index contributed by atoms with van der Waals surface area (Å²) in [5, 5.41) is 15.5. The molecule has 1 saturated heterocycles. The molecule has 0 aliphatic carbocycles. The average molecular weight is 374 g/mol. The van der Waals surface area contributed by atoms with Gasteiger partial charge in [-0.25, -0.2) is 9.18 Å². The molecule has 1 aliphatic rings. The van der Waals surface area contributed by atoms with Crippen molar-refractivity contribution in [2.75, 3.05) is 6.54 Å². The third-order valence-electron chi connectivity index (χ3n) is 4.58. The van der Waals surface area contributed by atoms with Gasteiger partial charge in [-0.3, -0.25) is 14.9 Å². The molecule has 4 amide bonds. The summed E-state index contributed by atoms with van der Waals surface area (Å²) in [6.07, 6.45) is 1.27. The van der Waals surface area contributed by atoms with Gasteiger partial charge in [0.1, 0.15) is 11.4 Å². The minimum Gasteiger partial charge on any atom is -0.348 e. The number of nitrogens with zero attached hydrogens (tertiary/aromatic N) is 3. The molecule has 0 saturated carbocycles. The van der Waals surface area contributed by atoms with Gasteiger partial charge in [-0.1, -0.05) is 13.8 Å². The summed E-state index contributed by atoms with van der Waals surface area (Å²) in [7, 11) is 0. The van der Waals surface area contributed by atoms with Crippen LogP contribution in [0, 0.1) is 18.7 Å². The van der Waals surface area contributed by atoms with Crippen molar-refractivity contribution in [3.8, 4) is 5.69 Å². The molecular formula is C17H19FN6O3. The Labute approximate surface area is 154 Å². The zero-order valence-electron chi connectivity index (χ0n) is 15.0. The number of hydrogen-bond donors (Lipinski definition) is 3. The molecule has 1 fully saturated rings. The number of aryl methyl sites for hydroxylation is 1. The van der Waals surface area contributed by atoms with Gasteiger partial charge in [0.15, 0.2) is 5.69 Å². The Hall–Kier alpha value is -3.30. The van der Waals surface area contributed by atoms with Crippen LogP contribution in [0.5, 0.6) is 0 Å². The number of carbonyl (C=O) groups is 3. The minimum atomic E-state index is -1.23. The number of aromatic nitrogens is 3. The van der Waals surface area contributed by atoms with Crippen LogP contribution in [0.15, 0.2) is 24.4 Å². The van der Waals surface area contributed by atoms with Crippen LogP contribution >= 0.6 is 0 Å². The molecule has 1 unspecified atom stereocenters. The van der Waals surface area contributed by atoms with E-state index in [0.717, 1.165) is 0 Å². The van der Waals surface area contributed by atoms with Crippen molar-refractivity contribution in [2.24, 2.45) is 5.92 Å². The second-order valence-corrected chi connectivity index (χ2v) is 6.67. The minimum absolute atomic E-state index is 0.0283. The monoisotopic (exact) mass is 374 g/mol. The summed E-state index contributed by atoms with van der Waals surface area (Å²) in [4.78, 5) is 37.2. The van der Waals surface area contributed by atoms with E-state index in [-0.39, 0.29) is 24.0 Å². The molecule has 0 bridgehead atoms. The summed E-state index contributed by atoms with van der Waals surface area (Å²) < 4.78 is 13.4. The Morgan fingerprint density at radius 2 is 2.11 bits per heavy atom. The SMILES string of the molecule is Cc1cc(-n2ncc(C(=O)NCC3(C(C)C)NC(=O)NC3=O)n2)ccc1F. The highest BCUT2D eigenvalue weighted by Crippen LogP contribution is 2.20. The summed E-state index contributed by atoms with van der Waals surface area (Å²) in [5.74, 6) is -1.64. The summed E-state index contributed by atoms with van der Waals surface area (Å²) in [6, 6.07) is 3.75. The topological polar surface area (TPSA) is 118 Å². The Balaban J connectivity index is 1.73.